The molecule has 2 aromatic carbocycles. The van der Waals surface area contributed by atoms with Gasteiger partial charge in [-0.25, -0.2) is 4.39 Å². The van der Waals surface area contributed by atoms with Crippen LogP contribution in [0.3, 0.4) is 0 Å². The summed E-state index contributed by atoms with van der Waals surface area (Å²) in [5.74, 6) is -0.845. The van der Waals surface area contributed by atoms with Gasteiger partial charge in [0.25, 0.3) is 5.91 Å². The summed E-state index contributed by atoms with van der Waals surface area (Å²) in [6, 6.07) is 7.39. The Balaban J connectivity index is 1.51. The molecule has 9 heteroatoms. The highest BCUT2D eigenvalue weighted by molar-refractivity contribution is 6.13. The second-order valence-corrected chi connectivity index (χ2v) is 8.78. The number of carbonyl (C=O) groups is 1. The first-order valence-corrected chi connectivity index (χ1v) is 11.0. The van der Waals surface area contributed by atoms with Crippen molar-refractivity contribution in [3.8, 4) is 0 Å². The number of rotatable bonds is 3. The summed E-state index contributed by atoms with van der Waals surface area (Å²) in [6.45, 7) is 7.84. The van der Waals surface area contributed by atoms with Gasteiger partial charge in [0.15, 0.2) is 5.82 Å². The third kappa shape index (κ3) is 3.78. The lowest BCUT2D eigenvalue weighted by Gasteiger charge is -2.38. The molecule has 2 atom stereocenters. The Hall–Kier alpha value is -3.59. The fourth-order valence-corrected chi connectivity index (χ4v) is 4.65. The number of nitrogens with one attached hydrogen (secondary N) is 2. The number of benzene rings is 2. The number of hydrogen-bond acceptors (Lipinski definition) is 6. The topological polar surface area (TPSA) is 88.0 Å². The summed E-state index contributed by atoms with van der Waals surface area (Å²) in [6.07, 6.45) is 3.22. The maximum Gasteiger partial charge on any atom is 0.257 e. The van der Waals surface area contributed by atoms with Crippen molar-refractivity contribution in [1.82, 2.24) is 25.1 Å². The van der Waals surface area contributed by atoms with Gasteiger partial charge < -0.3 is 15.5 Å². The molecule has 170 valence electrons. The van der Waals surface area contributed by atoms with Gasteiger partial charge in [0.1, 0.15) is 16.6 Å². The minimum Gasteiger partial charge on any atom is -0.367 e. The third-order valence-corrected chi connectivity index (χ3v) is 6.19. The van der Waals surface area contributed by atoms with Crippen molar-refractivity contribution in [1.29, 1.82) is 0 Å². The zero-order valence-corrected chi connectivity index (χ0v) is 19.1. The van der Waals surface area contributed by atoms with Gasteiger partial charge in [-0.3, -0.25) is 19.4 Å². The number of amides is 1. The van der Waals surface area contributed by atoms with Crippen molar-refractivity contribution in [2.24, 2.45) is 7.05 Å². The van der Waals surface area contributed by atoms with Gasteiger partial charge in [0.05, 0.1) is 11.3 Å². The second kappa shape index (κ2) is 8.08. The van der Waals surface area contributed by atoms with Crippen LogP contribution in [0.15, 0.2) is 36.7 Å². The molecular weight excluding hydrogens is 421 g/mol. The fraction of sp³-hybridized carbons (Fsp3) is 0.333. The van der Waals surface area contributed by atoms with Crippen molar-refractivity contribution in [3.63, 3.8) is 0 Å². The first-order valence-electron chi connectivity index (χ1n) is 11.0. The van der Waals surface area contributed by atoms with Crippen LogP contribution in [0.5, 0.6) is 0 Å². The van der Waals surface area contributed by atoms with Crippen LogP contribution in [0.2, 0.25) is 0 Å². The molecule has 0 radical (unpaired) electrons. The quantitative estimate of drug-likeness (QED) is 0.501. The maximum absolute atomic E-state index is 14.6. The van der Waals surface area contributed by atoms with Gasteiger partial charge in [0.2, 0.25) is 0 Å². The predicted molar refractivity (Wildman–Crippen MR) is 127 cm³/mol. The second-order valence-electron chi connectivity index (χ2n) is 8.78. The van der Waals surface area contributed by atoms with Crippen LogP contribution >= 0.6 is 0 Å². The van der Waals surface area contributed by atoms with Crippen LogP contribution in [0.4, 0.5) is 15.8 Å². The monoisotopic (exact) mass is 447 g/mol. The SMILES string of the molecule is Cc1c2cc(NC(=O)c3ccc(N4C[C@@H](C)N[C@@H](C)C4)c4nccnc34)cc(F)c2nn1C. The van der Waals surface area contributed by atoms with Crippen LogP contribution < -0.4 is 15.5 Å². The van der Waals surface area contributed by atoms with E-state index in [0.29, 0.717) is 39.8 Å². The number of hydrogen-bond donors (Lipinski definition) is 2. The molecular formula is C24H26FN7O. The molecule has 33 heavy (non-hydrogen) atoms. The molecule has 0 aliphatic carbocycles. The fourth-order valence-electron chi connectivity index (χ4n) is 4.65. The average Bonchev–Trinajstić information content (AvgIpc) is 3.06. The number of halogens is 1. The summed E-state index contributed by atoms with van der Waals surface area (Å²) >= 11 is 0. The molecule has 0 spiro atoms. The number of piperazine rings is 1. The van der Waals surface area contributed by atoms with Gasteiger partial charge in [-0.15, -0.1) is 0 Å². The number of aromatic nitrogens is 4. The molecule has 0 unspecified atom stereocenters. The first-order chi connectivity index (χ1) is 15.8. The van der Waals surface area contributed by atoms with Gasteiger partial charge in [-0.1, -0.05) is 0 Å². The molecule has 0 saturated carbocycles. The van der Waals surface area contributed by atoms with Crippen LogP contribution in [0.1, 0.15) is 29.9 Å². The summed E-state index contributed by atoms with van der Waals surface area (Å²) in [5, 5.41) is 11.2. The number of aryl methyl sites for hydroxylation is 2. The lowest BCUT2D eigenvalue weighted by molar-refractivity contribution is 0.102. The molecule has 4 aromatic rings. The van der Waals surface area contributed by atoms with E-state index in [9.17, 15) is 9.18 Å². The van der Waals surface area contributed by atoms with E-state index < -0.39 is 5.82 Å². The van der Waals surface area contributed by atoms with Crippen molar-refractivity contribution >= 4 is 39.2 Å². The molecule has 1 aliphatic rings. The van der Waals surface area contributed by atoms with Crippen LogP contribution in [-0.4, -0.2) is 50.8 Å². The lowest BCUT2D eigenvalue weighted by atomic mass is 10.1. The zero-order chi connectivity index (χ0) is 23.3. The Morgan fingerprint density at radius 3 is 2.52 bits per heavy atom. The van der Waals surface area contributed by atoms with E-state index in [1.165, 1.54) is 6.07 Å². The standard InChI is InChI=1S/C24H26FN7O/c1-13-11-32(12-14(2)28-13)20-6-5-17(22-23(20)27-8-7-26-22)24(33)29-16-9-18-15(3)31(4)30-21(18)19(25)10-16/h5-10,13-14,28H,11-12H2,1-4H3,(H,29,33)/t13-,14+. The Bertz CT molecular complexity index is 1370. The van der Waals surface area contributed by atoms with Crippen molar-refractivity contribution in [3.05, 3.63) is 53.7 Å². The van der Waals surface area contributed by atoms with Crippen LogP contribution in [0.25, 0.3) is 21.9 Å². The largest absolute Gasteiger partial charge is 0.367 e. The number of carbonyl (C=O) groups excluding carboxylic acids is 1. The highest BCUT2D eigenvalue weighted by atomic mass is 19.1. The van der Waals surface area contributed by atoms with Gasteiger partial charge in [0, 0.05) is 61.4 Å². The van der Waals surface area contributed by atoms with Gasteiger partial charge >= 0.3 is 0 Å². The van der Waals surface area contributed by atoms with E-state index in [1.807, 2.05) is 13.0 Å². The summed E-state index contributed by atoms with van der Waals surface area (Å²) in [4.78, 5) is 24.5. The Morgan fingerprint density at radius 1 is 1.09 bits per heavy atom. The van der Waals surface area contributed by atoms with Crippen LogP contribution in [0, 0.1) is 12.7 Å². The number of anilines is 2. The van der Waals surface area contributed by atoms with Crippen molar-refractivity contribution in [2.45, 2.75) is 32.9 Å². The molecule has 5 rings (SSSR count). The van der Waals surface area contributed by atoms with E-state index >= 15 is 0 Å². The van der Waals surface area contributed by atoms with Crippen molar-refractivity contribution < 1.29 is 9.18 Å². The highest BCUT2D eigenvalue weighted by Gasteiger charge is 2.24. The predicted octanol–water partition coefficient (Wildman–Crippen LogP) is 3.40. The van der Waals surface area contributed by atoms with E-state index in [1.54, 1.807) is 36.3 Å². The zero-order valence-electron chi connectivity index (χ0n) is 19.1. The maximum atomic E-state index is 14.6. The van der Waals surface area contributed by atoms with E-state index in [2.05, 4.69) is 44.4 Å². The molecule has 2 aromatic heterocycles. The Kier molecular flexibility index (Phi) is 5.20. The molecule has 0 bridgehead atoms. The van der Waals surface area contributed by atoms with Gasteiger partial charge in [-0.05, 0) is 45.0 Å². The molecule has 2 N–H and O–H groups in total. The lowest BCUT2D eigenvalue weighted by Crippen LogP contribution is -2.54. The number of nitrogens with zero attached hydrogens (tertiary/aromatic N) is 5. The Morgan fingerprint density at radius 2 is 1.79 bits per heavy atom. The third-order valence-electron chi connectivity index (χ3n) is 6.19. The summed E-state index contributed by atoms with van der Waals surface area (Å²) in [5.41, 5.74) is 4.01. The van der Waals surface area contributed by atoms with Gasteiger partial charge in [-0.2, -0.15) is 5.10 Å². The van der Waals surface area contributed by atoms with E-state index in [-0.39, 0.29) is 11.4 Å². The molecule has 1 amide bonds. The molecule has 1 aliphatic heterocycles. The molecule has 3 heterocycles. The number of fused-ring (bicyclic) bond motifs is 2. The Labute approximate surface area is 190 Å². The molecule has 1 fully saturated rings. The van der Waals surface area contributed by atoms with Crippen molar-refractivity contribution in [2.75, 3.05) is 23.3 Å². The normalized spacial score (nSPS) is 18.8. The summed E-state index contributed by atoms with van der Waals surface area (Å²) in [7, 11) is 1.76. The molecule has 1 saturated heterocycles. The minimum absolute atomic E-state index is 0.285. The smallest absolute Gasteiger partial charge is 0.257 e. The molecule has 8 nitrogen and oxygen atoms in total. The first kappa shape index (κ1) is 21.3. The van der Waals surface area contributed by atoms with Crippen LogP contribution in [-0.2, 0) is 7.05 Å². The highest BCUT2D eigenvalue weighted by Crippen LogP contribution is 2.29. The minimum atomic E-state index is -0.478. The van der Waals surface area contributed by atoms with E-state index in [4.69, 9.17) is 0 Å². The average molecular weight is 448 g/mol. The van der Waals surface area contributed by atoms with E-state index in [0.717, 1.165) is 24.5 Å². The summed E-state index contributed by atoms with van der Waals surface area (Å²) < 4.78 is 16.2.